The van der Waals surface area contributed by atoms with E-state index in [0.29, 0.717) is 12.5 Å². The van der Waals surface area contributed by atoms with Crippen molar-refractivity contribution in [2.75, 3.05) is 26.7 Å². The number of allylic oxidation sites excluding steroid dienone is 2. The molecule has 0 amide bonds. The standard InChI is InChI=1S/C14H20N2O/c1-15-8-6-14(7-9-15)13-5-3-2-4-12(10-13)11-16(14)17/h2-5,10,13,17H,6-9,11H2,1H3. The van der Waals surface area contributed by atoms with Gasteiger partial charge in [-0.15, -0.1) is 0 Å². The number of hydrogen-bond acceptors (Lipinski definition) is 3. The summed E-state index contributed by atoms with van der Waals surface area (Å²) in [5, 5.41) is 12.0. The van der Waals surface area contributed by atoms with Crippen molar-refractivity contribution in [2.45, 2.75) is 18.4 Å². The molecule has 0 aromatic rings. The molecule has 2 bridgehead atoms. The summed E-state index contributed by atoms with van der Waals surface area (Å²) in [6.07, 6.45) is 12.9. The average Bonchev–Trinajstić information content (AvgIpc) is 2.53. The van der Waals surface area contributed by atoms with Gasteiger partial charge in [-0.3, -0.25) is 0 Å². The van der Waals surface area contributed by atoms with Crippen LogP contribution in [0.15, 0.2) is 36.0 Å². The minimum absolute atomic E-state index is 0.0709. The Bertz CT molecular complexity index is 389. The van der Waals surface area contributed by atoms with E-state index < -0.39 is 0 Å². The van der Waals surface area contributed by atoms with Crippen molar-refractivity contribution in [3.05, 3.63) is 36.0 Å². The fraction of sp³-hybridized carbons (Fsp3) is 0.571. The number of hydroxylamine groups is 2. The molecule has 17 heavy (non-hydrogen) atoms. The molecule has 92 valence electrons. The number of likely N-dealkylation sites (tertiary alicyclic amines) is 1. The lowest BCUT2D eigenvalue weighted by Gasteiger charge is -2.50. The zero-order valence-corrected chi connectivity index (χ0v) is 10.3. The van der Waals surface area contributed by atoms with Crippen LogP contribution in [0.25, 0.3) is 0 Å². The normalized spacial score (nSPS) is 32.6. The van der Waals surface area contributed by atoms with Crippen LogP contribution in [0.2, 0.25) is 0 Å². The van der Waals surface area contributed by atoms with Crippen LogP contribution >= 0.6 is 0 Å². The Labute approximate surface area is 103 Å². The second-order valence-corrected chi connectivity index (χ2v) is 5.48. The van der Waals surface area contributed by atoms with Crippen molar-refractivity contribution in [1.29, 1.82) is 0 Å². The number of rotatable bonds is 0. The smallest absolute Gasteiger partial charge is 0.0585 e. The van der Waals surface area contributed by atoms with Crippen molar-refractivity contribution >= 4 is 0 Å². The predicted molar refractivity (Wildman–Crippen MR) is 67.8 cm³/mol. The number of nitrogens with zero attached hydrogens (tertiary/aromatic N) is 2. The van der Waals surface area contributed by atoms with E-state index >= 15 is 0 Å². The largest absolute Gasteiger partial charge is 0.313 e. The van der Waals surface area contributed by atoms with E-state index in [4.69, 9.17) is 0 Å². The minimum atomic E-state index is -0.0709. The van der Waals surface area contributed by atoms with Crippen LogP contribution < -0.4 is 0 Å². The average molecular weight is 232 g/mol. The van der Waals surface area contributed by atoms with Gasteiger partial charge in [-0.2, -0.15) is 5.06 Å². The fourth-order valence-corrected chi connectivity index (χ4v) is 3.24. The monoisotopic (exact) mass is 232 g/mol. The van der Waals surface area contributed by atoms with Crippen LogP contribution in [0.3, 0.4) is 0 Å². The molecule has 1 spiro atoms. The van der Waals surface area contributed by atoms with E-state index in [1.165, 1.54) is 5.57 Å². The van der Waals surface area contributed by atoms with Crippen molar-refractivity contribution in [3.63, 3.8) is 0 Å². The van der Waals surface area contributed by atoms with Gasteiger partial charge < -0.3 is 10.1 Å². The van der Waals surface area contributed by atoms with E-state index in [0.717, 1.165) is 25.9 Å². The summed E-state index contributed by atoms with van der Waals surface area (Å²) < 4.78 is 0. The van der Waals surface area contributed by atoms with Gasteiger partial charge in [-0.25, -0.2) is 0 Å². The molecule has 3 heteroatoms. The first-order valence-corrected chi connectivity index (χ1v) is 6.41. The topological polar surface area (TPSA) is 26.7 Å². The fourth-order valence-electron chi connectivity index (χ4n) is 3.24. The molecular formula is C14H20N2O. The molecule has 2 heterocycles. The van der Waals surface area contributed by atoms with Gasteiger partial charge in [-0.05, 0) is 38.6 Å². The first-order valence-electron chi connectivity index (χ1n) is 6.41. The highest BCUT2D eigenvalue weighted by atomic mass is 16.5. The van der Waals surface area contributed by atoms with Gasteiger partial charge in [0.25, 0.3) is 0 Å². The third-order valence-corrected chi connectivity index (χ3v) is 4.45. The molecule has 1 fully saturated rings. The summed E-state index contributed by atoms with van der Waals surface area (Å²) in [7, 11) is 2.16. The molecule has 0 aromatic heterocycles. The summed E-state index contributed by atoms with van der Waals surface area (Å²) in [4.78, 5) is 2.34. The molecule has 3 aliphatic rings. The number of fused-ring (bicyclic) bond motifs is 2. The van der Waals surface area contributed by atoms with E-state index in [1.807, 2.05) is 0 Å². The highest BCUT2D eigenvalue weighted by Crippen LogP contribution is 2.41. The van der Waals surface area contributed by atoms with Crippen molar-refractivity contribution in [2.24, 2.45) is 5.92 Å². The molecule has 0 aromatic carbocycles. The number of hydrogen-bond donors (Lipinski definition) is 1. The van der Waals surface area contributed by atoms with E-state index in [-0.39, 0.29) is 5.54 Å². The molecule has 0 radical (unpaired) electrons. The second-order valence-electron chi connectivity index (χ2n) is 5.48. The zero-order chi connectivity index (χ0) is 11.9. The third kappa shape index (κ3) is 1.79. The van der Waals surface area contributed by atoms with Gasteiger partial charge in [0.15, 0.2) is 0 Å². The molecule has 3 rings (SSSR count). The SMILES string of the molecule is CN1CCC2(CC1)C1C=CC=CC(=C1)CN2O. The Morgan fingerprint density at radius 3 is 2.82 bits per heavy atom. The Kier molecular flexibility index (Phi) is 2.69. The maximum Gasteiger partial charge on any atom is 0.0585 e. The molecule has 1 N–H and O–H groups in total. The van der Waals surface area contributed by atoms with Gasteiger partial charge in [0.1, 0.15) is 0 Å². The molecule has 2 aliphatic heterocycles. The van der Waals surface area contributed by atoms with Crippen LogP contribution in [0.1, 0.15) is 12.8 Å². The van der Waals surface area contributed by atoms with Crippen LogP contribution in [0.5, 0.6) is 0 Å². The van der Waals surface area contributed by atoms with Crippen LogP contribution in [0.4, 0.5) is 0 Å². The van der Waals surface area contributed by atoms with Gasteiger partial charge >= 0.3 is 0 Å². The number of piperidine rings is 1. The summed E-state index contributed by atoms with van der Waals surface area (Å²) in [5.74, 6) is 0.347. The van der Waals surface area contributed by atoms with Crippen molar-refractivity contribution in [1.82, 2.24) is 9.96 Å². The van der Waals surface area contributed by atoms with E-state index in [1.54, 1.807) is 5.06 Å². The predicted octanol–water partition coefficient (Wildman–Crippen LogP) is 1.82. The van der Waals surface area contributed by atoms with Crippen molar-refractivity contribution < 1.29 is 5.21 Å². The Balaban J connectivity index is 1.94. The maximum atomic E-state index is 10.4. The molecule has 3 nitrogen and oxygen atoms in total. The lowest BCUT2D eigenvalue weighted by Crippen LogP contribution is -2.59. The Hall–Kier alpha value is -0.900. The lowest BCUT2D eigenvalue weighted by molar-refractivity contribution is -0.196. The highest BCUT2D eigenvalue weighted by Gasteiger charge is 2.46. The van der Waals surface area contributed by atoms with Gasteiger partial charge in [-0.1, -0.05) is 30.4 Å². The van der Waals surface area contributed by atoms with Crippen LogP contribution in [-0.4, -0.2) is 47.4 Å². The second kappa shape index (κ2) is 4.09. The summed E-state index contributed by atoms with van der Waals surface area (Å²) >= 11 is 0. The zero-order valence-electron chi connectivity index (χ0n) is 10.3. The minimum Gasteiger partial charge on any atom is -0.313 e. The molecule has 1 atom stereocenters. The highest BCUT2D eigenvalue weighted by molar-refractivity contribution is 5.34. The van der Waals surface area contributed by atoms with Gasteiger partial charge in [0.2, 0.25) is 0 Å². The summed E-state index contributed by atoms with van der Waals surface area (Å²) in [6, 6.07) is 0. The van der Waals surface area contributed by atoms with E-state index in [2.05, 4.69) is 42.3 Å². The van der Waals surface area contributed by atoms with Crippen LogP contribution in [0, 0.1) is 5.92 Å². The molecule has 1 unspecified atom stereocenters. The Morgan fingerprint density at radius 2 is 2.06 bits per heavy atom. The first-order chi connectivity index (χ1) is 8.21. The lowest BCUT2D eigenvalue weighted by atomic mass is 9.73. The maximum absolute atomic E-state index is 10.4. The first kappa shape index (κ1) is 11.2. The Morgan fingerprint density at radius 1 is 1.29 bits per heavy atom. The van der Waals surface area contributed by atoms with Crippen LogP contribution in [-0.2, 0) is 0 Å². The summed E-state index contributed by atoms with van der Waals surface area (Å²) in [6.45, 7) is 2.80. The molecular weight excluding hydrogens is 212 g/mol. The summed E-state index contributed by atoms with van der Waals surface area (Å²) in [5.41, 5.74) is 1.16. The van der Waals surface area contributed by atoms with Gasteiger partial charge in [0, 0.05) is 12.5 Å². The molecule has 1 saturated heterocycles. The quantitative estimate of drug-likeness (QED) is 0.690. The van der Waals surface area contributed by atoms with Gasteiger partial charge in [0.05, 0.1) is 5.54 Å². The molecule has 0 saturated carbocycles. The van der Waals surface area contributed by atoms with Crippen molar-refractivity contribution in [3.8, 4) is 0 Å². The third-order valence-electron chi connectivity index (χ3n) is 4.45. The molecule has 1 aliphatic carbocycles. The van der Waals surface area contributed by atoms with E-state index in [9.17, 15) is 5.21 Å².